The maximum atomic E-state index is 12.9. The Bertz CT molecular complexity index is 880. The SMILES string of the molecule is O=C(Nc1ccccc1N1CCCCC1)C1CC(=O)N(c2ccccc2Cl)C1. The van der Waals surface area contributed by atoms with Gasteiger partial charge >= 0.3 is 0 Å². The number of para-hydroxylation sites is 3. The molecule has 2 heterocycles. The number of anilines is 3. The number of amides is 2. The summed E-state index contributed by atoms with van der Waals surface area (Å²) in [4.78, 5) is 29.3. The fourth-order valence-corrected chi connectivity index (χ4v) is 4.25. The second-order valence-electron chi connectivity index (χ2n) is 7.41. The molecule has 1 unspecified atom stereocenters. The average Bonchev–Trinajstić information content (AvgIpc) is 3.11. The second-order valence-corrected chi connectivity index (χ2v) is 7.82. The van der Waals surface area contributed by atoms with Crippen molar-refractivity contribution < 1.29 is 9.59 Å². The lowest BCUT2D eigenvalue weighted by Gasteiger charge is -2.30. The molecule has 2 aliphatic rings. The highest BCUT2D eigenvalue weighted by molar-refractivity contribution is 6.33. The highest BCUT2D eigenvalue weighted by Crippen LogP contribution is 2.33. The third kappa shape index (κ3) is 3.85. The molecule has 28 heavy (non-hydrogen) atoms. The van der Waals surface area contributed by atoms with Crippen molar-refractivity contribution in [3.8, 4) is 0 Å². The Labute approximate surface area is 170 Å². The van der Waals surface area contributed by atoms with E-state index in [1.807, 2.05) is 36.4 Å². The molecule has 6 heteroatoms. The van der Waals surface area contributed by atoms with Crippen LogP contribution in [0.25, 0.3) is 0 Å². The number of carbonyl (C=O) groups excluding carboxylic acids is 2. The standard InChI is InChI=1S/C22H24ClN3O2/c23-17-8-2-4-10-19(17)26-15-16(14-21(26)27)22(28)24-18-9-3-5-11-20(18)25-12-6-1-7-13-25/h2-5,8-11,16H,1,6-7,12-15H2,(H,24,28). The lowest BCUT2D eigenvalue weighted by molar-refractivity contribution is -0.122. The minimum atomic E-state index is -0.391. The molecular weight excluding hydrogens is 374 g/mol. The first-order chi connectivity index (χ1) is 13.6. The van der Waals surface area contributed by atoms with Gasteiger partial charge in [-0.05, 0) is 43.5 Å². The van der Waals surface area contributed by atoms with Crippen molar-refractivity contribution in [2.24, 2.45) is 5.92 Å². The quantitative estimate of drug-likeness (QED) is 0.835. The van der Waals surface area contributed by atoms with Gasteiger partial charge in [0.2, 0.25) is 11.8 Å². The van der Waals surface area contributed by atoms with Crippen LogP contribution in [0.5, 0.6) is 0 Å². The van der Waals surface area contributed by atoms with Gasteiger partial charge in [0.15, 0.2) is 0 Å². The average molecular weight is 398 g/mol. The van der Waals surface area contributed by atoms with Crippen LogP contribution in [0, 0.1) is 5.92 Å². The Morgan fingerprint density at radius 2 is 1.64 bits per heavy atom. The summed E-state index contributed by atoms with van der Waals surface area (Å²) in [6.07, 6.45) is 3.80. The molecule has 2 aromatic rings. The van der Waals surface area contributed by atoms with Crippen molar-refractivity contribution in [1.29, 1.82) is 0 Å². The Morgan fingerprint density at radius 1 is 0.964 bits per heavy atom. The maximum absolute atomic E-state index is 12.9. The summed E-state index contributed by atoms with van der Waals surface area (Å²) in [5.74, 6) is -0.580. The highest BCUT2D eigenvalue weighted by Gasteiger charge is 2.36. The molecule has 0 aromatic heterocycles. The summed E-state index contributed by atoms with van der Waals surface area (Å²) < 4.78 is 0. The predicted molar refractivity (Wildman–Crippen MR) is 113 cm³/mol. The van der Waals surface area contributed by atoms with Gasteiger partial charge in [0.1, 0.15) is 0 Å². The third-order valence-electron chi connectivity index (χ3n) is 5.50. The molecule has 2 fully saturated rings. The zero-order chi connectivity index (χ0) is 19.5. The van der Waals surface area contributed by atoms with Crippen LogP contribution in [-0.4, -0.2) is 31.4 Å². The van der Waals surface area contributed by atoms with E-state index in [0.29, 0.717) is 17.3 Å². The second kappa shape index (κ2) is 8.23. The zero-order valence-corrected chi connectivity index (χ0v) is 16.5. The summed E-state index contributed by atoms with van der Waals surface area (Å²) in [6, 6.07) is 15.2. The van der Waals surface area contributed by atoms with Crippen LogP contribution in [0.2, 0.25) is 5.02 Å². The van der Waals surface area contributed by atoms with Crippen molar-refractivity contribution in [2.75, 3.05) is 34.8 Å². The molecular formula is C22H24ClN3O2. The molecule has 0 bridgehead atoms. The molecule has 0 saturated carbocycles. The van der Waals surface area contributed by atoms with Crippen molar-refractivity contribution in [3.05, 3.63) is 53.6 Å². The Morgan fingerprint density at radius 3 is 2.39 bits per heavy atom. The summed E-state index contributed by atoms with van der Waals surface area (Å²) in [5.41, 5.74) is 2.54. The Balaban J connectivity index is 1.48. The van der Waals surface area contributed by atoms with E-state index >= 15 is 0 Å². The molecule has 5 nitrogen and oxygen atoms in total. The van der Waals surface area contributed by atoms with E-state index in [1.165, 1.54) is 19.3 Å². The summed E-state index contributed by atoms with van der Waals surface area (Å²) in [7, 11) is 0. The summed E-state index contributed by atoms with van der Waals surface area (Å²) in [5, 5.41) is 3.59. The lowest BCUT2D eigenvalue weighted by Crippen LogP contribution is -2.31. The molecule has 4 rings (SSSR count). The molecule has 0 radical (unpaired) electrons. The third-order valence-corrected chi connectivity index (χ3v) is 5.82. The van der Waals surface area contributed by atoms with Crippen LogP contribution in [0.3, 0.4) is 0 Å². The van der Waals surface area contributed by atoms with Gasteiger partial charge in [0, 0.05) is 26.1 Å². The van der Waals surface area contributed by atoms with Crippen LogP contribution in [0.1, 0.15) is 25.7 Å². The minimum absolute atomic E-state index is 0.0717. The molecule has 1 atom stereocenters. The van der Waals surface area contributed by atoms with Crippen LogP contribution in [0.4, 0.5) is 17.1 Å². The van der Waals surface area contributed by atoms with Gasteiger partial charge in [-0.2, -0.15) is 0 Å². The van der Waals surface area contributed by atoms with Gasteiger partial charge in [-0.25, -0.2) is 0 Å². The number of carbonyl (C=O) groups is 2. The number of rotatable bonds is 4. The minimum Gasteiger partial charge on any atom is -0.370 e. The number of hydrogen-bond acceptors (Lipinski definition) is 3. The number of benzene rings is 2. The van der Waals surface area contributed by atoms with Crippen LogP contribution in [-0.2, 0) is 9.59 Å². The highest BCUT2D eigenvalue weighted by atomic mass is 35.5. The Kier molecular flexibility index (Phi) is 5.53. The summed E-state index contributed by atoms with van der Waals surface area (Å²) >= 11 is 6.23. The topological polar surface area (TPSA) is 52.7 Å². The maximum Gasteiger partial charge on any atom is 0.229 e. The van der Waals surface area contributed by atoms with Gasteiger partial charge in [-0.3, -0.25) is 9.59 Å². The van der Waals surface area contributed by atoms with Gasteiger partial charge < -0.3 is 15.1 Å². The lowest BCUT2D eigenvalue weighted by atomic mass is 10.1. The monoisotopic (exact) mass is 397 g/mol. The number of piperidine rings is 1. The van der Waals surface area contributed by atoms with E-state index in [1.54, 1.807) is 11.0 Å². The van der Waals surface area contributed by atoms with E-state index in [0.717, 1.165) is 24.5 Å². The van der Waals surface area contributed by atoms with E-state index in [9.17, 15) is 9.59 Å². The van der Waals surface area contributed by atoms with Crippen LogP contribution in [0.15, 0.2) is 48.5 Å². The number of nitrogens with one attached hydrogen (secondary N) is 1. The predicted octanol–water partition coefficient (Wildman–Crippen LogP) is 4.32. The van der Waals surface area contributed by atoms with Crippen LogP contribution < -0.4 is 15.1 Å². The van der Waals surface area contributed by atoms with Crippen molar-refractivity contribution in [2.45, 2.75) is 25.7 Å². The van der Waals surface area contributed by atoms with Gasteiger partial charge in [-0.1, -0.05) is 35.9 Å². The van der Waals surface area contributed by atoms with E-state index in [4.69, 9.17) is 11.6 Å². The van der Waals surface area contributed by atoms with E-state index in [-0.39, 0.29) is 18.2 Å². The first-order valence-corrected chi connectivity index (χ1v) is 10.2. The largest absolute Gasteiger partial charge is 0.370 e. The fraction of sp³-hybridized carbons (Fsp3) is 0.364. The van der Waals surface area contributed by atoms with Crippen molar-refractivity contribution >= 4 is 40.5 Å². The van der Waals surface area contributed by atoms with Gasteiger partial charge in [0.05, 0.1) is 28.0 Å². The van der Waals surface area contributed by atoms with Gasteiger partial charge in [-0.15, -0.1) is 0 Å². The molecule has 2 amide bonds. The van der Waals surface area contributed by atoms with E-state index < -0.39 is 5.92 Å². The molecule has 1 N–H and O–H groups in total. The van der Waals surface area contributed by atoms with Crippen molar-refractivity contribution in [1.82, 2.24) is 0 Å². The molecule has 2 saturated heterocycles. The number of nitrogens with zero attached hydrogens (tertiary/aromatic N) is 2. The number of halogens is 1. The summed E-state index contributed by atoms with van der Waals surface area (Å²) in [6.45, 7) is 2.37. The van der Waals surface area contributed by atoms with Crippen LogP contribution >= 0.6 is 11.6 Å². The molecule has 2 aliphatic heterocycles. The first kappa shape index (κ1) is 18.8. The Hall–Kier alpha value is -2.53. The van der Waals surface area contributed by atoms with E-state index in [2.05, 4.69) is 16.3 Å². The fourth-order valence-electron chi connectivity index (χ4n) is 4.01. The number of hydrogen-bond donors (Lipinski definition) is 1. The molecule has 0 aliphatic carbocycles. The molecule has 0 spiro atoms. The van der Waals surface area contributed by atoms with Crippen molar-refractivity contribution in [3.63, 3.8) is 0 Å². The first-order valence-electron chi connectivity index (χ1n) is 9.83. The molecule has 2 aromatic carbocycles. The normalized spacial score (nSPS) is 19.8. The smallest absolute Gasteiger partial charge is 0.229 e. The zero-order valence-electron chi connectivity index (χ0n) is 15.7. The van der Waals surface area contributed by atoms with Gasteiger partial charge in [0.25, 0.3) is 0 Å². The molecule has 146 valence electrons.